The zero-order valence-electron chi connectivity index (χ0n) is 14.6. The number of aromatic nitrogens is 2. The number of nitrogens with zero attached hydrogens (tertiary/aromatic N) is 3. The van der Waals surface area contributed by atoms with E-state index in [0.717, 1.165) is 50.0 Å². The van der Waals surface area contributed by atoms with E-state index in [2.05, 4.69) is 15.5 Å². The third kappa shape index (κ3) is 3.91. The fraction of sp³-hybridized carbons (Fsp3) is 0.706. The van der Waals surface area contributed by atoms with E-state index in [9.17, 15) is 4.79 Å². The van der Waals surface area contributed by atoms with Gasteiger partial charge in [0.25, 0.3) is 0 Å². The molecule has 1 aliphatic carbocycles. The molecule has 7 heteroatoms. The molecule has 1 amide bonds. The van der Waals surface area contributed by atoms with E-state index in [4.69, 9.17) is 16.3 Å². The number of anilines is 1. The molecule has 6 nitrogen and oxygen atoms in total. The zero-order valence-corrected chi connectivity index (χ0v) is 15.3. The van der Waals surface area contributed by atoms with Crippen LogP contribution < -0.4 is 5.32 Å². The summed E-state index contributed by atoms with van der Waals surface area (Å²) < 4.78 is 5.48. The first kappa shape index (κ1) is 17.3. The Kier molecular flexibility index (Phi) is 4.85. The van der Waals surface area contributed by atoms with Gasteiger partial charge in [-0.2, -0.15) is 0 Å². The molecule has 2 heterocycles. The van der Waals surface area contributed by atoms with Gasteiger partial charge in [0.05, 0.1) is 0 Å². The lowest BCUT2D eigenvalue weighted by Gasteiger charge is -2.34. The average Bonchev–Trinajstić information content (AvgIpc) is 2.99. The highest BCUT2D eigenvalue weighted by Gasteiger charge is 2.29. The largest absolute Gasteiger partial charge is 0.444 e. The van der Waals surface area contributed by atoms with Crippen LogP contribution in [-0.2, 0) is 17.6 Å². The standard InChI is InChI=1S/C17H25ClN4O2/c1-17(2,3)24-16(23)22-9-5-6-11(10-22)19-15-13-8-4-7-12(13)14(18)20-21-15/h11H,4-10H2,1-3H3,(H,19,21)/t11-/m1/s1. The number of hydrogen-bond donors (Lipinski definition) is 1. The van der Waals surface area contributed by atoms with Gasteiger partial charge in [0.1, 0.15) is 5.60 Å². The average molecular weight is 353 g/mol. The van der Waals surface area contributed by atoms with Crippen LogP contribution in [0, 0.1) is 0 Å². The first-order chi connectivity index (χ1) is 11.3. The molecule has 0 aromatic carbocycles. The lowest BCUT2D eigenvalue weighted by molar-refractivity contribution is 0.0206. The molecule has 0 spiro atoms. The third-order valence-corrected chi connectivity index (χ3v) is 4.71. The molecule has 1 aromatic rings. The van der Waals surface area contributed by atoms with E-state index in [0.29, 0.717) is 11.7 Å². The molecule has 1 fully saturated rings. The molecule has 1 aliphatic heterocycles. The first-order valence-corrected chi connectivity index (χ1v) is 8.99. The van der Waals surface area contributed by atoms with Crippen molar-refractivity contribution in [1.29, 1.82) is 0 Å². The summed E-state index contributed by atoms with van der Waals surface area (Å²) in [5.41, 5.74) is 1.83. The highest BCUT2D eigenvalue weighted by atomic mass is 35.5. The van der Waals surface area contributed by atoms with Crippen LogP contribution in [0.1, 0.15) is 51.2 Å². The second-order valence-corrected chi connectivity index (χ2v) is 7.92. The number of piperidine rings is 1. The van der Waals surface area contributed by atoms with Crippen molar-refractivity contribution in [1.82, 2.24) is 15.1 Å². The highest BCUT2D eigenvalue weighted by molar-refractivity contribution is 6.30. The lowest BCUT2D eigenvalue weighted by Crippen LogP contribution is -2.47. The Labute approximate surface area is 147 Å². The molecule has 0 saturated carbocycles. The smallest absolute Gasteiger partial charge is 0.410 e. The topological polar surface area (TPSA) is 67.3 Å². The van der Waals surface area contributed by atoms with Gasteiger partial charge in [-0.25, -0.2) is 4.79 Å². The van der Waals surface area contributed by atoms with Gasteiger partial charge >= 0.3 is 6.09 Å². The second kappa shape index (κ2) is 6.75. The Balaban J connectivity index is 1.66. The molecule has 24 heavy (non-hydrogen) atoms. The molecule has 132 valence electrons. The maximum Gasteiger partial charge on any atom is 0.410 e. The molecule has 1 saturated heterocycles. The van der Waals surface area contributed by atoms with Gasteiger partial charge in [-0.15, -0.1) is 10.2 Å². The van der Waals surface area contributed by atoms with Gasteiger partial charge < -0.3 is 15.0 Å². The predicted molar refractivity (Wildman–Crippen MR) is 93.5 cm³/mol. The summed E-state index contributed by atoms with van der Waals surface area (Å²) >= 11 is 6.14. The van der Waals surface area contributed by atoms with Gasteiger partial charge in [-0.1, -0.05) is 11.6 Å². The third-order valence-electron chi connectivity index (χ3n) is 4.40. The first-order valence-electron chi connectivity index (χ1n) is 8.62. The van der Waals surface area contributed by atoms with Crippen molar-refractivity contribution in [3.05, 3.63) is 16.3 Å². The van der Waals surface area contributed by atoms with E-state index in [1.165, 1.54) is 5.56 Å². The molecule has 1 N–H and O–H groups in total. The van der Waals surface area contributed by atoms with Crippen molar-refractivity contribution >= 4 is 23.5 Å². The summed E-state index contributed by atoms with van der Waals surface area (Å²) in [5.74, 6) is 0.822. The van der Waals surface area contributed by atoms with Crippen LogP contribution in [0.2, 0.25) is 5.15 Å². The minimum absolute atomic E-state index is 0.159. The van der Waals surface area contributed by atoms with Crippen LogP contribution in [0.3, 0.4) is 0 Å². The molecular weight excluding hydrogens is 328 g/mol. The van der Waals surface area contributed by atoms with Gasteiger partial charge in [0.2, 0.25) is 0 Å². The van der Waals surface area contributed by atoms with E-state index in [1.807, 2.05) is 20.8 Å². The SMILES string of the molecule is CC(C)(C)OC(=O)N1CCC[C@@H](Nc2nnc(Cl)c3c2CCC3)C1. The normalized spacial score (nSPS) is 20.7. The molecule has 0 radical (unpaired) electrons. The molecular formula is C17H25ClN4O2. The fourth-order valence-corrected chi connectivity index (χ4v) is 3.59. The summed E-state index contributed by atoms with van der Waals surface area (Å²) in [6, 6.07) is 0.159. The monoisotopic (exact) mass is 352 g/mol. The van der Waals surface area contributed by atoms with Crippen LogP contribution in [0.4, 0.5) is 10.6 Å². The number of nitrogens with one attached hydrogen (secondary N) is 1. The van der Waals surface area contributed by atoms with Crippen molar-refractivity contribution in [3.8, 4) is 0 Å². The van der Waals surface area contributed by atoms with Crippen LogP contribution >= 0.6 is 11.6 Å². The van der Waals surface area contributed by atoms with E-state index in [-0.39, 0.29) is 12.1 Å². The minimum atomic E-state index is -0.472. The summed E-state index contributed by atoms with van der Waals surface area (Å²) in [6.07, 6.45) is 4.73. The van der Waals surface area contributed by atoms with E-state index < -0.39 is 5.60 Å². The van der Waals surface area contributed by atoms with E-state index >= 15 is 0 Å². The van der Waals surface area contributed by atoms with Crippen LogP contribution in [0.5, 0.6) is 0 Å². The van der Waals surface area contributed by atoms with Gasteiger partial charge in [-0.3, -0.25) is 0 Å². The maximum absolute atomic E-state index is 12.3. The number of hydrogen-bond acceptors (Lipinski definition) is 5. The van der Waals surface area contributed by atoms with Crippen molar-refractivity contribution in [3.63, 3.8) is 0 Å². The number of carbonyl (C=O) groups excluding carboxylic acids is 1. The Bertz CT molecular complexity index is 630. The molecule has 0 unspecified atom stereocenters. The molecule has 2 aliphatic rings. The summed E-state index contributed by atoms with van der Waals surface area (Å²) in [4.78, 5) is 14.0. The molecule has 1 atom stereocenters. The van der Waals surface area contributed by atoms with Gasteiger partial charge in [-0.05, 0) is 58.4 Å². The van der Waals surface area contributed by atoms with Crippen molar-refractivity contribution in [2.45, 2.75) is 64.5 Å². The summed E-state index contributed by atoms with van der Waals surface area (Å²) in [6.45, 7) is 7.01. The number of fused-ring (bicyclic) bond motifs is 1. The molecule has 3 rings (SSSR count). The maximum atomic E-state index is 12.3. The Morgan fingerprint density at radius 2 is 2.00 bits per heavy atom. The number of likely N-dealkylation sites (tertiary alicyclic amines) is 1. The van der Waals surface area contributed by atoms with E-state index in [1.54, 1.807) is 4.90 Å². The number of amides is 1. The highest BCUT2D eigenvalue weighted by Crippen LogP contribution is 2.32. The minimum Gasteiger partial charge on any atom is -0.444 e. The lowest BCUT2D eigenvalue weighted by atomic mass is 10.1. The van der Waals surface area contributed by atoms with Gasteiger partial charge in [0.15, 0.2) is 11.0 Å². The number of ether oxygens (including phenoxy) is 1. The molecule has 1 aromatic heterocycles. The fourth-order valence-electron chi connectivity index (χ4n) is 3.34. The number of rotatable bonds is 2. The summed E-state index contributed by atoms with van der Waals surface area (Å²) in [5, 5.41) is 12.3. The second-order valence-electron chi connectivity index (χ2n) is 7.56. The van der Waals surface area contributed by atoms with Crippen molar-refractivity contribution < 1.29 is 9.53 Å². The van der Waals surface area contributed by atoms with Crippen molar-refractivity contribution in [2.75, 3.05) is 18.4 Å². The Morgan fingerprint density at radius 1 is 1.25 bits per heavy atom. The molecule has 0 bridgehead atoms. The predicted octanol–water partition coefficient (Wildman–Crippen LogP) is 3.43. The number of carbonyl (C=O) groups is 1. The Hall–Kier alpha value is -1.56. The summed E-state index contributed by atoms with van der Waals surface area (Å²) in [7, 11) is 0. The zero-order chi connectivity index (χ0) is 17.3. The van der Waals surface area contributed by atoms with Crippen LogP contribution in [-0.4, -0.2) is 45.9 Å². The quantitative estimate of drug-likeness (QED) is 0.883. The number of halogens is 1. The Morgan fingerprint density at radius 3 is 2.75 bits per heavy atom. The van der Waals surface area contributed by atoms with Crippen LogP contribution in [0.25, 0.3) is 0 Å². The van der Waals surface area contributed by atoms with Crippen LogP contribution in [0.15, 0.2) is 0 Å². The van der Waals surface area contributed by atoms with Gasteiger partial charge in [0, 0.05) is 24.7 Å². The van der Waals surface area contributed by atoms with Crippen molar-refractivity contribution in [2.24, 2.45) is 0 Å².